The summed E-state index contributed by atoms with van der Waals surface area (Å²) >= 11 is 0. The Morgan fingerprint density at radius 3 is 2.30 bits per heavy atom. The molecule has 27 heavy (non-hydrogen) atoms. The number of carboxylic acids is 1. The van der Waals surface area contributed by atoms with E-state index >= 15 is 0 Å². The molecule has 1 saturated heterocycles. The van der Waals surface area contributed by atoms with Crippen LogP contribution in [0.1, 0.15) is 25.8 Å². The molecule has 1 fully saturated rings. The van der Waals surface area contributed by atoms with Crippen molar-refractivity contribution in [1.29, 1.82) is 0 Å². The van der Waals surface area contributed by atoms with Gasteiger partial charge in [0.15, 0.2) is 0 Å². The SMILES string of the molecule is CC(C)CCNC(=O)[C@H](Cc1ccccc1)NC(=O)[C@@H]1[C@@H](C(=O)[O-])N1C.[Na+]. The predicted octanol–water partition coefficient (Wildman–Crippen LogP) is -3.69. The maximum Gasteiger partial charge on any atom is 1.00 e. The quantitative estimate of drug-likeness (QED) is 0.338. The fraction of sp³-hybridized carbons (Fsp3) is 0.526. The molecule has 2 N–H and O–H groups in total. The molecule has 8 heteroatoms. The zero-order valence-corrected chi connectivity index (χ0v) is 18.4. The number of likely N-dealkylation sites (N-methyl/N-ethyl adjacent to an activating group) is 1. The molecule has 1 aliphatic heterocycles. The first-order valence-electron chi connectivity index (χ1n) is 8.86. The van der Waals surface area contributed by atoms with Gasteiger partial charge in [-0.1, -0.05) is 44.2 Å². The van der Waals surface area contributed by atoms with Crippen molar-refractivity contribution in [2.24, 2.45) is 5.92 Å². The molecule has 2 rings (SSSR count). The second-order valence-corrected chi connectivity index (χ2v) is 7.10. The van der Waals surface area contributed by atoms with Gasteiger partial charge in [-0.2, -0.15) is 0 Å². The minimum Gasteiger partial charge on any atom is -0.548 e. The third-order valence-corrected chi connectivity index (χ3v) is 4.53. The third kappa shape index (κ3) is 6.92. The topological polar surface area (TPSA) is 101 Å². The summed E-state index contributed by atoms with van der Waals surface area (Å²) in [5, 5.41) is 16.5. The van der Waals surface area contributed by atoms with Crippen LogP contribution in [0.3, 0.4) is 0 Å². The normalized spacial score (nSPS) is 21.7. The third-order valence-electron chi connectivity index (χ3n) is 4.53. The largest absolute Gasteiger partial charge is 1.00 e. The predicted molar refractivity (Wildman–Crippen MR) is 94.9 cm³/mol. The molecular formula is C19H26N3NaO4. The fourth-order valence-corrected chi connectivity index (χ4v) is 2.89. The van der Waals surface area contributed by atoms with Gasteiger partial charge in [-0.25, -0.2) is 0 Å². The van der Waals surface area contributed by atoms with Crippen LogP contribution in [0.15, 0.2) is 30.3 Å². The molecule has 4 atom stereocenters. The molecule has 2 amide bonds. The van der Waals surface area contributed by atoms with Crippen molar-refractivity contribution in [1.82, 2.24) is 15.5 Å². The Hall–Kier alpha value is -1.41. The molecule has 0 radical (unpaired) electrons. The first kappa shape index (κ1) is 23.6. The van der Waals surface area contributed by atoms with Gasteiger partial charge in [0, 0.05) is 13.0 Å². The summed E-state index contributed by atoms with van der Waals surface area (Å²) in [7, 11) is 1.54. The number of aliphatic carboxylic acids is 1. The zero-order valence-electron chi connectivity index (χ0n) is 16.4. The van der Waals surface area contributed by atoms with Gasteiger partial charge in [-0.15, -0.1) is 0 Å². The number of carboxylic acid groups (broad SMARTS) is 1. The Balaban J connectivity index is 0.00000364. The Morgan fingerprint density at radius 2 is 1.78 bits per heavy atom. The van der Waals surface area contributed by atoms with Crippen molar-refractivity contribution in [3.63, 3.8) is 0 Å². The molecule has 1 unspecified atom stereocenters. The number of carbonyl (C=O) groups is 3. The molecule has 142 valence electrons. The number of hydrogen-bond donors (Lipinski definition) is 2. The Kier molecular flexibility index (Phi) is 9.45. The van der Waals surface area contributed by atoms with E-state index in [1.165, 1.54) is 4.90 Å². The summed E-state index contributed by atoms with van der Waals surface area (Å²) in [4.78, 5) is 37.3. The molecule has 0 bridgehead atoms. The number of nitrogens with zero attached hydrogens (tertiary/aromatic N) is 1. The monoisotopic (exact) mass is 383 g/mol. The van der Waals surface area contributed by atoms with Crippen LogP contribution in [0.2, 0.25) is 0 Å². The minimum absolute atomic E-state index is 0. The number of rotatable bonds is 9. The maximum atomic E-state index is 12.5. The van der Waals surface area contributed by atoms with E-state index in [1.807, 2.05) is 30.3 Å². The van der Waals surface area contributed by atoms with Crippen LogP contribution in [0.4, 0.5) is 0 Å². The average Bonchev–Trinajstić information content (AvgIpc) is 3.26. The van der Waals surface area contributed by atoms with Gasteiger partial charge in [0.25, 0.3) is 0 Å². The molecule has 7 nitrogen and oxygen atoms in total. The molecule has 0 aliphatic carbocycles. The minimum atomic E-state index is -1.28. The summed E-state index contributed by atoms with van der Waals surface area (Å²) in [5.74, 6) is -1.56. The van der Waals surface area contributed by atoms with Crippen LogP contribution < -0.4 is 45.3 Å². The van der Waals surface area contributed by atoms with E-state index in [9.17, 15) is 19.5 Å². The number of carbonyl (C=O) groups excluding carboxylic acids is 3. The summed E-state index contributed by atoms with van der Waals surface area (Å²) in [6, 6.07) is 6.90. The number of amides is 2. The Morgan fingerprint density at radius 1 is 1.15 bits per heavy atom. The Bertz CT molecular complexity index is 654. The van der Waals surface area contributed by atoms with Crippen LogP contribution in [0.5, 0.6) is 0 Å². The van der Waals surface area contributed by atoms with E-state index in [1.54, 1.807) is 7.05 Å². The van der Waals surface area contributed by atoms with E-state index in [0.29, 0.717) is 18.9 Å². The Labute approximate surface area is 182 Å². The molecule has 0 saturated carbocycles. The van der Waals surface area contributed by atoms with Crippen LogP contribution in [0.25, 0.3) is 0 Å². The van der Waals surface area contributed by atoms with Gasteiger partial charge in [0.05, 0.1) is 12.0 Å². The van der Waals surface area contributed by atoms with Gasteiger partial charge in [0.1, 0.15) is 12.1 Å². The number of nitrogens with one attached hydrogen (secondary N) is 2. The van der Waals surface area contributed by atoms with Crippen LogP contribution in [0, 0.1) is 5.92 Å². The van der Waals surface area contributed by atoms with Crippen molar-refractivity contribution in [2.45, 2.75) is 44.8 Å². The van der Waals surface area contributed by atoms with Crippen molar-refractivity contribution < 1.29 is 49.0 Å². The van der Waals surface area contributed by atoms with Crippen LogP contribution in [-0.4, -0.2) is 54.4 Å². The maximum absolute atomic E-state index is 12.5. The van der Waals surface area contributed by atoms with Crippen molar-refractivity contribution in [2.75, 3.05) is 13.6 Å². The number of benzene rings is 1. The average molecular weight is 383 g/mol. The van der Waals surface area contributed by atoms with Gasteiger partial charge < -0.3 is 20.5 Å². The molecule has 1 aliphatic rings. The van der Waals surface area contributed by atoms with Crippen molar-refractivity contribution >= 4 is 17.8 Å². The van der Waals surface area contributed by atoms with Gasteiger partial charge in [-0.05, 0) is 24.9 Å². The van der Waals surface area contributed by atoms with E-state index in [4.69, 9.17) is 0 Å². The number of hydrogen-bond acceptors (Lipinski definition) is 5. The fourth-order valence-electron chi connectivity index (χ4n) is 2.89. The molecular weight excluding hydrogens is 357 g/mol. The first-order valence-corrected chi connectivity index (χ1v) is 8.86. The second kappa shape index (κ2) is 10.8. The van der Waals surface area contributed by atoms with E-state index in [0.717, 1.165) is 12.0 Å². The first-order chi connectivity index (χ1) is 12.3. The van der Waals surface area contributed by atoms with E-state index in [-0.39, 0.29) is 35.5 Å². The zero-order chi connectivity index (χ0) is 19.3. The van der Waals surface area contributed by atoms with Crippen LogP contribution >= 0.6 is 0 Å². The summed E-state index contributed by atoms with van der Waals surface area (Å²) in [6.45, 7) is 4.67. The van der Waals surface area contributed by atoms with Crippen LogP contribution in [-0.2, 0) is 20.8 Å². The van der Waals surface area contributed by atoms with E-state index < -0.39 is 30.0 Å². The molecule has 0 spiro atoms. The summed E-state index contributed by atoms with van der Waals surface area (Å²) < 4.78 is 0. The molecule has 1 aromatic rings. The summed E-state index contributed by atoms with van der Waals surface area (Å²) in [5.41, 5.74) is 0.914. The molecule has 1 heterocycles. The van der Waals surface area contributed by atoms with Crippen molar-refractivity contribution in [3.05, 3.63) is 35.9 Å². The van der Waals surface area contributed by atoms with Gasteiger partial charge in [0.2, 0.25) is 11.8 Å². The van der Waals surface area contributed by atoms with Gasteiger partial charge >= 0.3 is 29.6 Å². The summed E-state index contributed by atoms with van der Waals surface area (Å²) in [6.07, 6.45) is 1.18. The molecule has 1 aromatic carbocycles. The van der Waals surface area contributed by atoms with Crippen molar-refractivity contribution in [3.8, 4) is 0 Å². The van der Waals surface area contributed by atoms with Gasteiger partial charge in [-0.3, -0.25) is 14.5 Å². The van der Waals surface area contributed by atoms with E-state index in [2.05, 4.69) is 24.5 Å². The smallest absolute Gasteiger partial charge is 0.548 e. The standard InChI is InChI=1S/C19H27N3O4.Na/c1-12(2)9-10-20-17(23)14(11-13-7-5-4-6-8-13)21-18(24)15-16(19(25)26)22(15)3;/h4-8,12,14-16H,9-11H2,1-3H3,(H,20,23)(H,21,24)(H,25,26);/q;+1/p-1/t14-,15-,16-,22?;/m0./s1. The second-order valence-electron chi connectivity index (χ2n) is 7.10. The molecule has 0 aromatic heterocycles.